The molecule has 3 rings (SSSR count). The van der Waals surface area contributed by atoms with E-state index in [0.29, 0.717) is 30.2 Å². The van der Waals surface area contributed by atoms with Gasteiger partial charge >= 0.3 is 6.18 Å². The number of aryl methyl sites for hydroxylation is 1. The summed E-state index contributed by atoms with van der Waals surface area (Å²) in [5.74, 6) is -0.520. The van der Waals surface area contributed by atoms with Crippen LogP contribution >= 0.6 is 0 Å². The van der Waals surface area contributed by atoms with Crippen molar-refractivity contribution in [3.8, 4) is 0 Å². The standard InChI is InChI=1S/C25H32F6/c26-14-2-1-3-17-6-10-20(11-7-17)21-12-8-18(9-13-21)4-5-19-15-22(27)24(23(28)16-19)25(29,30)31/h1,3,15-18,20-21H,2,4-14H2/b3-1+/t17-,18?,20-,21?. The largest absolute Gasteiger partial charge is 0.422 e. The predicted octanol–water partition coefficient (Wildman–Crippen LogP) is 8.44. The Labute approximate surface area is 181 Å². The average Bonchev–Trinajstić information content (AvgIpc) is 2.72. The maximum atomic E-state index is 13.8. The molecular formula is C25H32F6. The third kappa shape index (κ3) is 6.76. The van der Waals surface area contributed by atoms with Crippen molar-refractivity contribution in [2.24, 2.45) is 23.7 Å². The molecule has 0 spiro atoms. The van der Waals surface area contributed by atoms with Gasteiger partial charge in [0.1, 0.15) is 17.2 Å². The number of hydrogen-bond acceptors (Lipinski definition) is 0. The smallest absolute Gasteiger partial charge is 0.251 e. The van der Waals surface area contributed by atoms with E-state index < -0.39 is 23.4 Å². The fourth-order valence-electron chi connectivity index (χ4n) is 5.52. The molecule has 6 heteroatoms. The molecule has 2 fully saturated rings. The lowest BCUT2D eigenvalue weighted by atomic mass is 9.68. The highest BCUT2D eigenvalue weighted by Crippen LogP contribution is 2.42. The summed E-state index contributed by atoms with van der Waals surface area (Å²) in [6, 6.07) is 1.66. The molecule has 1 aromatic rings. The molecule has 0 unspecified atom stereocenters. The zero-order valence-electron chi connectivity index (χ0n) is 17.9. The number of alkyl halides is 4. The molecular weight excluding hydrogens is 414 g/mol. The lowest BCUT2D eigenvalue weighted by Crippen LogP contribution is -2.25. The Kier molecular flexibility index (Phi) is 8.51. The van der Waals surface area contributed by atoms with E-state index in [1.54, 1.807) is 0 Å². The Bertz CT molecular complexity index is 699. The molecule has 1 aromatic carbocycles. The Balaban J connectivity index is 1.42. The van der Waals surface area contributed by atoms with Crippen LogP contribution in [0.25, 0.3) is 0 Å². The second kappa shape index (κ2) is 10.9. The first kappa shape index (κ1) is 24.2. The van der Waals surface area contributed by atoms with Gasteiger partial charge in [0.15, 0.2) is 0 Å². The van der Waals surface area contributed by atoms with Gasteiger partial charge in [0.05, 0.1) is 6.67 Å². The lowest BCUT2D eigenvalue weighted by molar-refractivity contribution is -0.142. The van der Waals surface area contributed by atoms with E-state index in [1.165, 1.54) is 25.7 Å². The van der Waals surface area contributed by atoms with Crippen LogP contribution in [0.2, 0.25) is 0 Å². The van der Waals surface area contributed by atoms with Crippen molar-refractivity contribution in [1.29, 1.82) is 0 Å². The van der Waals surface area contributed by atoms with Gasteiger partial charge in [0.2, 0.25) is 0 Å². The topological polar surface area (TPSA) is 0 Å². The molecule has 0 heterocycles. The van der Waals surface area contributed by atoms with Gasteiger partial charge in [-0.15, -0.1) is 0 Å². The van der Waals surface area contributed by atoms with E-state index >= 15 is 0 Å². The van der Waals surface area contributed by atoms with Crippen LogP contribution in [0.3, 0.4) is 0 Å². The molecule has 0 saturated heterocycles. The minimum absolute atomic E-state index is 0.294. The Morgan fingerprint density at radius 2 is 1.39 bits per heavy atom. The van der Waals surface area contributed by atoms with Crippen LogP contribution in [0, 0.1) is 35.3 Å². The normalized spacial score (nSPS) is 27.7. The van der Waals surface area contributed by atoms with Gasteiger partial charge in [0, 0.05) is 0 Å². The van der Waals surface area contributed by atoms with Gasteiger partial charge in [-0.05, 0) is 99.2 Å². The average molecular weight is 447 g/mol. The van der Waals surface area contributed by atoms with E-state index in [4.69, 9.17) is 0 Å². The first-order valence-corrected chi connectivity index (χ1v) is 11.6. The van der Waals surface area contributed by atoms with Gasteiger partial charge in [-0.1, -0.05) is 25.0 Å². The van der Waals surface area contributed by atoms with E-state index in [9.17, 15) is 26.3 Å². The molecule has 31 heavy (non-hydrogen) atoms. The van der Waals surface area contributed by atoms with Crippen molar-refractivity contribution in [3.05, 3.63) is 47.0 Å². The second-order valence-corrected chi connectivity index (χ2v) is 9.33. The van der Waals surface area contributed by atoms with Gasteiger partial charge in [-0.2, -0.15) is 13.2 Å². The van der Waals surface area contributed by atoms with Crippen LogP contribution < -0.4 is 0 Å². The van der Waals surface area contributed by atoms with Crippen molar-refractivity contribution >= 4 is 0 Å². The van der Waals surface area contributed by atoms with E-state index in [2.05, 4.69) is 6.08 Å². The third-order valence-corrected chi connectivity index (χ3v) is 7.29. The summed E-state index contributed by atoms with van der Waals surface area (Å²) in [6.07, 6.45) is 10.1. The summed E-state index contributed by atoms with van der Waals surface area (Å²) >= 11 is 0. The van der Waals surface area contributed by atoms with Crippen LogP contribution in [-0.2, 0) is 12.6 Å². The molecule has 0 atom stereocenters. The molecule has 0 aliphatic heterocycles. The van der Waals surface area contributed by atoms with Crippen LogP contribution in [-0.4, -0.2) is 6.67 Å². The van der Waals surface area contributed by atoms with Gasteiger partial charge < -0.3 is 0 Å². The van der Waals surface area contributed by atoms with Crippen molar-refractivity contribution in [2.75, 3.05) is 6.67 Å². The van der Waals surface area contributed by atoms with E-state index in [1.807, 2.05) is 6.08 Å². The number of benzene rings is 1. The molecule has 0 N–H and O–H groups in total. The van der Waals surface area contributed by atoms with Crippen molar-refractivity contribution in [1.82, 2.24) is 0 Å². The van der Waals surface area contributed by atoms with E-state index in [-0.39, 0.29) is 6.67 Å². The van der Waals surface area contributed by atoms with Gasteiger partial charge in [-0.25, -0.2) is 8.78 Å². The van der Waals surface area contributed by atoms with Crippen LogP contribution in [0.15, 0.2) is 24.3 Å². The fourth-order valence-corrected chi connectivity index (χ4v) is 5.52. The minimum atomic E-state index is -5.02. The molecule has 174 valence electrons. The molecule has 0 aromatic heterocycles. The second-order valence-electron chi connectivity index (χ2n) is 9.33. The molecule has 0 bridgehead atoms. The quantitative estimate of drug-likeness (QED) is 0.291. The molecule has 2 saturated carbocycles. The zero-order valence-corrected chi connectivity index (χ0v) is 17.9. The Morgan fingerprint density at radius 1 is 0.839 bits per heavy atom. The monoisotopic (exact) mass is 446 g/mol. The van der Waals surface area contributed by atoms with Crippen molar-refractivity contribution < 1.29 is 26.3 Å². The first-order valence-electron chi connectivity index (χ1n) is 11.6. The van der Waals surface area contributed by atoms with Crippen LogP contribution in [0.1, 0.15) is 75.3 Å². The SMILES string of the molecule is FCC/C=C/[C@H]1CC[C@H](C2CCC(CCc3cc(F)c(C(F)(F)F)c(F)c3)CC2)CC1. The first-order chi connectivity index (χ1) is 14.8. The number of allylic oxidation sites excluding steroid dienone is 2. The molecule has 2 aliphatic rings. The third-order valence-electron chi connectivity index (χ3n) is 7.29. The highest BCUT2D eigenvalue weighted by molar-refractivity contribution is 5.28. The van der Waals surface area contributed by atoms with Gasteiger partial charge in [0.25, 0.3) is 0 Å². The fraction of sp³-hybridized carbons (Fsp3) is 0.680. The van der Waals surface area contributed by atoms with Gasteiger partial charge in [-0.3, -0.25) is 4.39 Å². The summed E-state index contributed by atoms with van der Waals surface area (Å²) in [5, 5.41) is 0. The molecule has 0 radical (unpaired) electrons. The van der Waals surface area contributed by atoms with Crippen LogP contribution in [0.5, 0.6) is 0 Å². The maximum Gasteiger partial charge on any atom is 0.422 e. The number of hydrogen-bond donors (Lipinski definition) is 0. The summed E-state index contributed by atoms with van der Waals surface area (Å²) in [7, 11) is 0. The highest BCUT2D eigenvalue weighted by atomic mass is 19.4. The molecule has 0 amide bonds. The van der Waals surface area contributed by atoms with Crippen LogP contribution in [0.4, 0.5) is 26.3 Å². The number of halogens is 6. The summed E-state index contributed by atoms with van der Waals surface area (Å²) in [4.78, 5) is 0. The van der Waals surface area contributed by atoms with E-state index in [0.717, 1.165) is 56.1 Å². The predicted molar refractivity (Wildman–Crippen MR) is 110 cm³/mol. The number of rotatable bonds is 7. The maximum absolute atomic E-state index is 13.8. The van der Waals surface area contributed by atoms with Crippen molar-refractivity contribution in [2.45, 2.75) is 76.8 Å². The zero-order chi connectivity index (χ0) is 22.4. The summed E-state index contributed by atoms with van der Waals surface area (Å²) in [6.45, 7) is -0.294. The molecule has 2 aliphatic carbocycles. The van der Waals surface area contributed by atoms with Crippen molar-refractivity contribution in [3.63, 3.8) is 0 Å². The lowest BCUT2D eigenvalue weighted by Gasteiger charge is -2.37. The molecule has 0 nitrogen and oxygen atoms in total. The summed E-state index contributed by atoms with van der Waals surface area (Å²) < 4.78 is 77.8. The highest BCUT2D eigenvalue weighted by Gasteiger charge is 2.38. The minimum Gasteiger partial charge on any atom is -0.251 e. The Morgan fingerprint density at radius 3 is 1.90 bits per heavy atom. The summed E-state index contributed by atoms with van der Waals surface area (Å²) in [5.41, 5.74) is -1.51. The Hall–Kier alpha value is -1.46.